The quantitative estimate of drug-likeness (QED) is 0.401. The van der Waals surface area contributed by atoms with E-state index in [0.717, 1.165) is 14.8 Å². The van der Waals surface area contributed by atoms with Crippen LogP contribution < -0.4 is 0 Å². The molecule has 1 N–H and O–H groups in total. The fraction of sp³-hybridized carbons (Fsp3) is 0.476. The minimum atomic E-state index is -0.944. The Hall–Kier alpha value is -1.65. The van der Waals surface area contributed by atoms with E-state index in [2.05, 4.69) is 27.6 Å². The SMILES string of the molecule is CC(C)CC(C(=O)O)N1C(C)OC(=O)C1Cc1cncn1Cc1cc(Cl)cc(I)c1. The molecule has 30 heavy (non-hydrogen) atoms. The third-order valence-electron chi connectivity index (χ3n) is 5.15. The van der Waals surface area contributed by atoms with Crippen LogP contribution in [0.25, 0.3) is 0 Å². The number of ether oxygens (including phenoxy) is 1. The van der Waals surface area contributed by atoms with Crippen LogP contribution in [-0.2, 0) is 27.3 Å². The molecule has 7 nitrogen and oxygen atoms in total. The second kappa shape index (κ2) is 9.65. The van der Waals surface area contributed by atoms with Gasteiger partial charge in [-0.15, -0.1) is 0 Å². The van der Waals surface area contributed by atoms with Crippen LogP contribution in [0.2, 0.25) is 5.02 Å². The molecule has 1 aliphatic heterocycles. The van der Waals surface area contributed by atoms with Gasteiger partial charge in [-0.25, -0.2) is 9.88 Å². The van der Waals surface area contributed by atoms with Crippen LogP contribution in [0.15, 0.2) is 30.7 Å². The number of aliphatic carboxylic acids is 1. The maximum Gasteiger partial charge on any atom is 0.325 e. The number of halogens is 2. The summed E-state index contributed by atoms with van der Waals surface area (Å²) in [5.41, 5.74) is 1.85. The molecule has 1 fully saturated rings. The zero-order chi connectivity index (χ0) is 22.0. The van der Waals surface area contributed by atoms with Gasteiger partial charge in [0.2, 0.25) is 0 Å². The first kappa shape index (κ1) is 23.0. The molecule has 1 aromatic heterocycles. The number of benzene rings is 1. The number of carbonyl (C=O) groups excluding carboxylic acids is 1. The normalized spacial score (nSPS) is 20.5. The monoisotopic (exact) mass is 545 g/mol. The van der Waals surface area contributed by atoms with Crippen molar-refractivity contribution in [2.24, 2.45) is 5.92 Å². The largest absolute Gasteiger partial charge is 0.480 e. The molecule has 9 heteroatoms. The number of cyclic esters (lactones) is 1. The summed E-state index contributed by atoms with van der Waals surface area (Å²) >= 11 is 8.39. The Kier molecular flexibility index (Phi) is 7.41. The lowest BCUT2D eigenvalue weighted by Gasteiger charge is -2.31. The lowest BCUT2D eigenvalue weighted by Crippen LogP contribution is -2.50. The molecule has 0 radical (unpaired) electrons. The number of aromatic nitrogens is 2. The van der Waals surface area contributed by atoms with Gasteiger partial charge >= 0.3 is 11.9 Å². The van der Waals surface area contributed by atoms with Crippen molar-refractivity contribution in [3.05, 3.63) is 50.6 Å². The third kappa shape index (κ3) is 5.33. The number of hydrogen-bond acceptors (Lipinski definition) is 5. The van der Waals surface area contributed by atoms with Crippen LogP contribution >= 0.6 is 34.2 Å². The molecule has 162 valence electrons. The van der Waals surface area contributed by atoms with Gasteiger partial charge < -0.3 is 14.4 Å². The molecule has 3 unspecified atom stereocenters. The van der Waals surface area contributed by atoms with Crippen molar-refractivity contribution in [1.82, 2.24) is 14.5 Å². The van der Waals surface area contributed by atoms with E-state index in [4.69, 9.17) is 16.3 Å². The summed E-state index contributed by atoms with van der Waals surface area (Å²) in [5.74, 6) is -1.17. The standard InChI is InChI=1S/C21H25ClIN3O4/c1-12(2)4-18(20(27)28)26-13(3)30-21(29)19(26)8-17-9-24-11-25(17)10-14-5-15(22)7-16(23)6-14/h5-7,9,11-13,18-19H,4,8,10H2,1-3H3,(H,27,28). The van der Waals surface area contributed by atoms with Gasteiger partial charge in [-0.05, 0) is 65.6 Å². The van der Waals surface area contributed by atoms with E-state index in [0.29, 0.717) is 24.4 Å². The van der Waals surface area contributed by atoms with Crippen molar-refractivity contribution in [2.75, 3.05) is 0 Å². The first-order valence-electron chi connectivity index (χ1n) is 9.80. The maximum atomic E-state index is 12.6. The lowest BCUT2D eigenvalue weighted by molar-refractivity contribution is -0.148. The molecule has 0 spiro atoms. The Labute approximate surface area is 194 Å². The van der Waals surface area contributed by atoms with Crippen molar-refractivity contribution < 1.29 is 19.4 Å². The van der Waals surface area contributed by atoms with E-state index in [-0.39, 0.29) is 5.92 Å². The van der Waals surface area contributed by atoms with Gasteiger partial charge in [0, 0.05) is 33.4 Å². The molecule has 1 aliphatic rings. The summed E-state index contributed by atoms with van der Waals surface area (Å²) in [6, 6.07) is 4.36. The van der Waals surface area contributed by atoms with Gasteiger partial charge in [-0.1, -0.05) is 25.4 Å². The van der Waals surface area contributed by atoms with Crippen LogP contribution in [0, 0.1) is 9.49 Å². The van der Waals surface area contributed by atoms with Crippen LogP contribution in [0.5, 0.6) is 0 Å². The van der Waals surface area contributed by atoms with Crippen molar-refractivity contribution >= 4 is 46.1 Å². The van der Waals surface area contributed by atoms with Gasteiger partial charge in [0.05, 0.1) is 6.33 Å². The maximum absolute atomic E-state index is 12.6. The Morgan fingerprint density at radius 3 is 2.73 bits per heavy atom. The first-order valence-corrected chi connectivity index (χ1v) is 11.3. The molecule has 2 heterocycles. The minimum absolute atomic E-state index is 0.172. The molecule has 0 amide bonds. The highest BCUT2D eigenvalue weighted by molar-refractivity contribution is 14.1. The molecule has 0 saturated carbocycles. The van der Waals surface area contributed by atoms with Crippen LogP contribution in [0.4, 0.5) is 0 Å². The summed E-state index contributed by atoms with van der Waals surface area (Å²) < 4.78 is 8.40. The average Bonchev–Trinajstić information content (AvgIpc) is 3.16. The van der Waals surface area contributed by atoms with Gasteiger partial charge in [-0.3, -0.25) is 9.59 Å². The number of rotatable bonds is 8. The fourth-order valence-electron chi connectivity index (χ4n) is 3.90. The van der Waals surface area contributed by atoms with Crippen molar-refractivity contribution in [3.63, 3.8) is 0 Å². The topological polar surface area (TPSA) is 84.7 Å². The Balaban J connectivity index is 1.84. The van der Waals surface area contributed by atoms with E-state index >= 15 is 0 Å². The van der Waals surface area contributed by atoms with Gasteiger partial charge in [0.25, 0.3) is 0 Å². The highest BCUT2D eigenvalue weighted by Crippen LogP contribution is 2.28. The minimum Gasteiger partial charge on any atom is -0.480 e. The smallest absolute Gasteiger partial charge is 0.325 e. The number of hydrogen-bond donors (Lipinski definition) is 1. The predicted molar refractivity (Wildman–Crippen MR) is 121 cm³/mol. The molecule has 3 atom stereocenters. The molecule has 1 aromatic carbocycles. The van der Waals surface area contributed by atoms with E-state index in [1.165, 1.54) is 0 Å². The number of esters is 1. The highest BCUT2D eigenvalue weighted by atomic mass is 127. The number of carbonyl (C=O) groups is 2. The second-order valence-electron chi connectivity index (χ2n) is 7.98. The van der Waals surface area contributed by atoms with Crippen LogP contribution in [0.1, 0.15) is 38.4 Å². The molecular formula is C21H25ClIN3O4. The summed E-state index contributed by atoms with van der Waals surface area (Å²) in [6.07, 6.45) is 3.59. The molecule has 3 rings (SSSR count). The van der Waals surface area contributed by atoms with Crippen molar-refractivity contribution in [1.29, 1.82) is 0 Å². The van der Waals surface area contributed by atoms with E-state index in [1.807, 2.05) is 36.6 Å². The predicted octanol–water partition coefficient (Wildman–Crippen LogP) is 3.80. The number of carboxylic acids is 1. The van der Waals surface area contributed by atoms with Crippen LogP contribution in [0.3, 0.4) is 0 Å². The van der Waals surface area contributed by atoms with E-state index in [9.17, 15) is 14.7 Å². The second-order valence-corrected chi connectivity index (χ2v) is 9.66. The summed E-state index contributed by atoms with van der Waals surface area (Å²) in [5, 5.41) is 10.5. The molecule has 1 saturated heterocycles. The molecular weight excluding hydrogens is 521 g/mol. The Morgan fingerprint density at radius 1 is 1.37 bits per heavy atom. The Morgan fingerprint density at radius 2 is 2.10 bits per heavy atom. The summed E-state index contributed by atoms with van der Waals surface area (Å²) in [7, 11) is 0. The number of imidazole rings is 1. The van der Waals surface area contributed by atoms with Gasteiger partial charge in [0.1, 0.15) is 12.1 Å². The van der Waals surface area contributed by atoms with E-state index in [1.54, 1.807) is 24.3 Å². The van der Waals surface area contributed by atoms with Gasteiger partial charge in [0.15, 0.2) is 6.23 Å². The zero-order valence-corrected chi connectivity index (χ0v) is 20.0. The third-order valence-corrected chi connectivity index (χ3v) is 6.00. The molecule has 0 aliphatic carbocycles. The first-order chi connectivity index (χ1) is 14.2. The highest BCUT2D eigenvalue weighted by Gasteiger charge is 2.46. The lowest BCUT2D eigenvalue weighted by atomic mass is 9.99. The number of nitrogens with zero attached hydrogens (tertiary/aromatic N) is 3. The van der Waals surface area contributed by atoms with Crippen LogP contribution in [-0.4, -0.2) is 49.8 Å². The average molecular weight is 546 g/mol. The van der Waals surface area contributed by atoms with Crippen molar-refractivity contribution in [3.8, 4) is 0 Å². The van der Waals surface area contributed by atoms with Gasteiger partial charge in [-0.2, -0.15) is 0 Å². The Bertz CT molecular complexity index is 912. The summed E-state index contributed by atoms with van der Waals surface area (Å²) in [6.45, 7) is 6.21. The number of carboxylic acid groups (broad SMARTS) is 1. The van der Waals surface area contributed by atoms with E-state index < -0.39 is 30.3 Å². The van der Waals surface area contributed by atoms with Crippen molar-refractivity contribution in [2.45, 2.75) is 58.5 Å². The zero-order valence-electron chi connectivity index (χ0n) is 17.1. The molecule has 0 bridgehead atoms. The fourth-order valence-corrected chi connectivity index (χ4v) is 5.07. The summed E-state index contributed by atoms with van der Waals surface area (Å²) in [4.78, 5) is 30.5. The molecule has 2 aromatic rings.